The van der Waals surface area contributed by atoms with Crippen LogP contribution in [0.25, 0.3) is 0 Å². The van der Waals surface area contributed by atoms with E-state index in [-0.39, 0.29) is 13.0 Å². The highest BCUT2D eigenvalue weighted by molar-refractivity contribution is 9.10. The molecule has 0 bridgehead atoms. The van der Waals surface area contributed by atoms with Crippen LogP contribution in [-0.2, 0) is 16.2 Å². The maximum absolute atomic E-state index is 12.1. The highest BCUT2D eigenvalue weighted by atomic mass is 79.9. The average Bonchev–Trinajstić information content (AvgIpc) is 2.81. The van der Waals surface area contributed by atoms with Crippen LogP contribution in [-0.4, -0.2) is 24.6 Å². The number of rotatable bonds is 10. The van der Waals surface area contributed by atoms with Gasteiger partial charge in [-0.05, 0) is 65.2 Å². The number of hydrogen-bond acceptors (Lipinski definition) is 5. The summed E-state index contributed by atoms with van der Waals surface area (Å²) in [5.74, 6) is 0.0877. The summed E-state index contributed by atoms with van der Waals surface area (Å²) in [6.07, 6.45) is 1.11. The van der Waals surface area contributed by atoms with Crippen molar-refractivity contribution >= 4 is 51.2 Å². The summed E-state index contributed by atoms with van der Waals surface area (Å²) in [5.41, 5.74) is 5.46. The number of nitrogens with one attached hydrogen (secondary N) is 2. The van der Waals surface area contributed by atoms with Gasteiger partial charge >= 0.3 is 0 Å². The van der Waals surface area contributed by atoms with E-state index in [0.717, 1.165) is 11.1 Å². The number of carbonyl (C=O) groups is 2. The van der Waals surface area contributed by atoms with Gasteiger partial charge in [-0.3, -0.25) is 9.59 Å². The van der Waals surface area contributed by atoms with Crippen molar-refractivity contribution in [2.45, 2.75) is 26.9 Å². The molecule has 0 fully saturated rings. The minimum absolute atomic E-state index is 0.270. The summed E-state index contributed by atoms with van der Waals surface area (Å²) in [6, 6.07) is 18.3. The van der Waals surface area contributed by atoms with E-state index in [1.165, 1.54) is 6.21 Å². The van der Waals surface area contributed by atoms with Crippen LogP contribution >= 0.6 is 27.5 Å². The van der Waals surface area contributed by atoms with E-state index in [0.29, 0.717) is 38.9 Å². The van der Waals surface area contributed by atoms with Crippen molar-refractivity contribution in [3.05, 3.63) is 86.8 Å². The number of amides is 2. The number of nitrogens with zero attached hydrogens (tertiary/aromatic N) is 1. The molecule has 0 aliphatic heterocycles. The molecule has 2 N–H and O–H groups in total. The van der Waals surface area contributed by atoms with Gasteiger partial charge in [0.2, 0.25) is 11.8 Å². The number of hydrazone groups is 1. The van der Waals surface area contributed by atoms with Gasteiger partial charge in [-0.25, -0.2) is 5.43 Å². The molecule has 35 heavy (non-hydrogen) atoms. The molecule has 3 rings (SSSR count). The molecule has 182 valence electrons. The molecule has 0 heterocycles. The molecule has 0 aromatic heterocycles. The normalized spacial score (nSPS) is 10.7. The molecule has 3 aromatic rings. The van der Waals surface area contributed by atoms with Gasteiger partial charge in [0.15, 0.2) is 11.5 Å². The van der Waals surface area contributed by atoms with Crippen LogP contribution in [0.2, 0.25) is 5.02 Å². The van der Waals surface area contributed by atoms with Gasteiger partial charge in [-0.1, -0.05) is 48.0 Å². The van der Waals surface area contributed by atoms with Crippen LogP contribution in [0.5, 0.6) is 11.5 Å². The van der Waals surface area contributed by atoms with Crippen molar-refractivity contribution in [1.82, 2.24) is 5.43 Å². The van der Waals surface area contributed by atoms with E-state index in [4.69, 9.17) is 21.1 Å². The second kappa shape index (κ2) is 12.9. The Morgan fingerprint density at radius 1 is 1.06 bits per heavy atom. The largest absolute Gasteiger partial charge is 0.490 e. The van der Waals surface area contributed by atoms with Gasteiger partial charge in [0.05, 0.1) is 17.3 Å². The predicted molar refractivity (Wildman–Crippen MR) is 141 cm³/mol. The van der Waals surface area contributed by atoms with E-state index in [1.54, 1.807) is 24.3 Å². The number of aryl methyl sites for hydroxylation is 1. The number of anilines is 1. The zero-order chi connectivity index (χ0) is 25.2. The first-order valence-electron chi connectivity index (χ1n) is 10.9. The Morgan fingerprint density at radius 2 is 1.80 bits per heavy atom. The van der Waals surface area contributed by atoms with E-state index in [9.17, 15) is 9.59 Å². The Balaban J connectivity index is 1.61. The summed E-state index contributed by atoms with van der Waals surface area (Å²) < 4.78 is 12.4. The fourth-order valence-electron chi connectivity index (χ4n) is 3.10. The highest BCUT2D eigenvalue weighted by Gasteiger charge is 2.14. The van der Waals surface area contributed by atoms with Crippen LogP contribution < -0.4 is 20.2 Å². The minimum atomic E-state index is -0.531. The van der Waals surface area contributed by atoms with Gasteiger partial charge < -0.3 is 14.8 Å². The summed E-state index contributed by atoms with van der Waals surface area (Å²) in [4.78, 5) is 24.2. The molecule has 0 atom stereocenters. The Bertz CT molecular complexity index is 1230. The maximum Gasteiger partial charge on any atom is 0.249 e. The fraction of sp³-hybridized carbons (Fsp3) is 0.192. The predicted octanol–water partition coefficient (Wildman–Crippen LogP) is 5.87. The second-order valence-electron chi connectivity index (χ2n) is 7.48. The molecule has 0 saturated heterocycles. The maximum atomic E-state index is 12.1. The highest BCUT2D eigenvalue weighted by Crippen LogP contribution is 2.37. The standard InChI is InChI=1S/C26H25BrClN3O4/c1-3-34-23-13-18(12-20(27)26(23)35-16-19-9-5-6-10-21(19)28)15-29-31-25(33)14-24(32)30-22-11-7-4-8-17(22)2/h4-13,15H,3,14,16H2,1-2H3,(H,30,32)(H,31,33). The summed E-state index contributed by atoms with van der Waals surface area (Å²) >= 11 is 9.73. The summed E-state index contributed by atoms with van der Waals surface area (Å²) in [6.45, 7) is 4.45. The number of hydrogen-bond donors (Lipinski definition) is 2. The van der Waals surface area contributed by atoms with Gasteiger partial charge in [0, 0.05) is 16.3 Å². The first-order chi connectivity index (χ1) is 16.9. The van der Waals surface area contributed by atoms with Crippen LogP contribution in [0.3, 0.4) is 0 Å². The SMILES string of the molecule is CCOc1cc(C=NNC(=O)CC(=O)Nc2ccccc2C)cc(Br)c1OCc1ccccc1Cl. The third-order valence-corrected chi connectivity index (χ3v) is 5.76. The topological polar surface area (TPSA) is 89.0 Å². The van der Waals surface area contributed by atoms with Crippen LogP contribution in [0.1, 0.15) is 30.0 Å². The molecule has 9 heteroatoms. The molecule has 0 aliphatic carbocycles. The van der Waals surface area contributed by atoms with Crippen molar-refractivity contribution in [1.29, 1.82) is 0 Å². The first kappa shape index (κ1) is 26.2. The van der Waals surface area contributed by atoms with Gasteiger partial charge in [-0.15, -0.1) is 0 Å². The summed E-state index contributed by atoms with van der Waals surface area (Å²) in [5, 5.41) is 7.29. The summed E-state index contributed by atoms with van der Waals surface area (Å²) in [7, 11) is 0. The molecule has 7 nitrogen and oxygen atoms in total. The fourth-order valence-corrected chi connectivity index (χ4v) is 3.87. The molecule has 0 spiro atoms. The Hall–Kier alpha value is -3.36. The second-order valence-corrected chi connectivity index (χ2v) is 8.74. The quantitative estimate of drug-likeness (QED) is 0.185. The van der Waals surface area contributed by atoms with Crippen molar-refractivity contribution in [3.63, 3.8) is 0 Å². The van der Waals surface area contributed by atoms with E-state index < -0.39 is 11.8 Å². The van der Waals surface area contributed by atoms with Crippen molar-refractivity contribution in [2.24, 2.45) is 5.10 Å². The first-order valence-corrected chi connectivity index (χ1v) is 12.0. The van der Waals surface area contributed by atoms with Crippen LogP contribution in [0, 0.1) is 6.92 Å². The number of ether oxygens (including phenoxy) is 2. The molecular weight excluding hydrogens is 534 g/mol. The number of halogens is 2. The Labute approximate surface area is 217 Å². The van der Waals surface area contributed by atoms with E-state index in [2.05, 4.69) is 31.8 Å². The van der Waals surface area contributed by atoms with E-state index >= 15 is 0 Å². The van der Waals surface area contributed by atoms with Crippen molar-refractivity contribution in [3.8, 4) is 11.5 Å². The Morgan fingerprint density at radius 3 is 2.54 bits per heavy atom. The monoisotopic (exact) mass is 557 g/mol. The number of benzene rings is 3. The minimum Gasteiger partial charge on any atom is -0.490 e. The third-order valence-electron chi connectivity index (χ3n) is 4.80. The average molecular weight is 559 g/mol. The lowest BCUT2D eigenvalue weighted by atomic mass is 10.2. The molecule has 0 saturated carbocycles. The van der Waals surface area contributed by atoms with Crippen molar-refractivity contribution < 1.29 is 19.1 Å². The van der Waals surface area contributed by atoms with Crippen LogP contribution in [0.4, 0.5) is 5.69 Å². The lowest BCUT2D eigenvalue weighted by molar-refractivity contribution is -0.126. The smallest absolute Gasteiger partial charge is 0.249 e. The molecule has 0 radical (unpaired) electrons. The lowest BCUT2D eigenvalue weighted by Gasteiger charge is -2.15. The molecule has 0 aliphatic rings. The number of carbonyl (C=O) groups excluding carboxylic acids is 2. The number of para-hydroxylation sites is 1. The zero-order valence-corrected chi connectivity index (χ0v) is 21.7. The molecule has 2 amide bonds. The van der Waals surface area contributed by atoms with Crippen molar-refractivity contribution in [2.75, 3.05) is 11.9 Å². The molecular formula is C26H25BrClN3O4. The van der Waals surface area contributed by atoms with Crippen LogP contribution in [0.15, 0.2) is 70.2 Å². The van der Waals surface area contributed by atoms with E-state index in [1.807, 2.05) is 50.2 Å². The van der Waals surface area contributed by atoms with Gasteiger partial charge in [-0.2, -0.15) is 5.10 Å². The lowest BCUT2D eigenvalue weighted by Crippen LogP contribution is -2.24. The molecule has 0 unspecified atom stereocenters. The van der Waals surface area contributed by atoms with Gasteiger partial charge in [0.1, 0.15) is 13.0 Å². The zero-order valence-electron chi connectivity index (χ0n) is 19.3. The Kier molecular flexibility index (Phi) is 9.69. The molecule has 3 aromatic carbocycles. The third kappa shape index (κ3) is 7.83. The van der Waals surface area contributed by atoms with Gasteiger partial charge in [0.25, 0.3) is 0 Å².